The Hall–Kier alpha value is -3.02. The van der Waals surface area contributed by atoms with E-state index in [0.29, 0.717) is 13.1 Å². The average molecular weight is 382 g/mol. The summed E-state index contributed by atoms with van der Waals surface area (Å²) in [4.78, 5) is 26.5. The standard InChI is InChI=1S/C22H26N2O4/c1-15(2)28-20-8-4-16(5-9-20)13-23-22(26)17-12-21(25)24(14-17)18-6-10-19(27-3)11-7-18/h4-11,15,17H,12-14H2,1-3H3,(H,23,26)/t17-/m0/s1. The largest absolute Gasteiger partial charge is 0.497 e. The molecule has 3 rings (SSSR count). The maximum Gasteiger partial charge on any atom is 0.227 e. The van der Waals surface area contributed by atoms with E-state index < -0.39 is 0 Å². The van der Waals surface area contributed by atoms with Crippen molar-refractivity contribution in [2.45, 2.75) is 32.9 Å². The molecule has 0 bridgehead atoms. The molecule has 1 N–H and O–H groups in total. The average Bonchev–Trinajstić information content (AvgIpc) is 3.08. The van der Waals surface area contributed by atoms with E-state index >= 15 is 0 Å². The summed E-state index contributed by atoms with van der Waals surface area (Å²) < 4.78 is 10.8. The topological polar surface area (TPSA) is 67.9 Å². The molecule has 0 radical (unpaired) electrons. The summed E-state index contributed by atoms with van der Waals surface area (Å²) in [6.07, 6.45) is 0.345. The van der Waals surface area contributed by atoms with E-state index in [2.05, 4.69) is 5.32 Å². The van der Waals surface area contributed by atoms with Crippen molar-refractivity contribution in [3.63, 3.8) is 0 Å². The van der Waals surface area contributed by atoms with Crippen molar-refractivity contribution in [2.24, 2.45) is 5.92 Å². The molecule has 148 valence electrons. The summed E-state index contributed by atoms with van der Waals surface area (Å²) in [5.74, 6) is 1.04. The second-order valence-electron chi connectivity index (χ2n) is 7.13. The van der Waals surface area contributed by atoms with E-state index in [1.165, 1.54) is 0 Å². The lowest BCUT2D eigenvalue weighted by atomic mass is 10.1. The van der Waals surface area contributed by atoms with Crippen molar-refractivity contribution in [2.75, 3.05) is 18.6 Å². The molecule has 0 unspecified atom stereocenters. The molecule has 28 heavy (non-hydrogen) atoms. The molecule has 0 aromatic heterocycles. The van der Waals surface area contributed by atoms with Gasteiger partial charge < -0.3 is 19.7 Å². The van der Waals surface area contributed by atoms with Gasteiger partial charge in [-0.3, -0.25) is 9.59 Å². The van der Waals surface area contributed by atoms with Gasteiger partial charge in [0.05, 0.1) is 19.1 Å². The first-order valence-electron chi connectivity index (χ1n) is 9.44. The Bertz CT molecular complexity index is 815. The summed E-state index contributed by atoms with van der Waals surface area (Å²) in [6.45, 7) is 4.77. The molecule has 2 aromatic carbocycles. The minimum Gasteiger partial charge on any atom is -0.497 e. The highest BCUT2D eigenvalue weighted by Gasteiger charge is 2.34. The molecule has 2 aromatic rings. The van der Waals surface area contributed by atoms with Gasteiger partial charge in [0.25, 0.3) is 0 Å². The van der Waals surface area contributed by atoms with E-state index in [0.717, 1.165) is 22.7 Å². The second kappa shape index (κ2) is 8.78. The van der Waals surface area contributed by atoms with Crippen LogP contribution in [0.25, 0.3) is 0 Å². The van der Waals surface area contributed by atoms with Crippen LogP contribution in [-0.2, 0) is 16.1 Å². The first kappa shape index (κ1) is 19.7. The van der Waals surface area contributed by atoms with E-state index in [1.807, 2.05) is 62.4 Å². The van der Waals surface area contributed by atoms with Crippen molar-refractivity contribution in [3.8, 4) is 11.5 Å². The molecule has 0 aliphatic carbocycles. The SMILES string of the molecule is COc1ccc(N2C[C@@H](C(=O)NCc3ccc(OC(C)C)cc3)CC2=O)cc1. The Labute approximate surface area is 165 Å². The van der Waals surface area contributed by atoms with Crippen molar-refractivity contribution >= 4 is 17.5 Å². The number of nitrogens with zero attached hydrogens (tertiary/aromatic N) is 1. The molecule has 1 saturated heterocycles. The Balaban J connectivity index is 1.54. The second-order valence-corrected chi connectivity index (χ2v) is 7.13. The van der Waals surface area contributed by atoms with Gasteiger partial charge in [0.1, 0.15) is 11.5 Å². The van der Waals surface area contributed by atoms with Crippen LogP contribution in [0.5, 0.6) is 11.5 Å². The molecule has 1 fully saturated rings. The fourth-order valence-electron chi connectivity index (χ4n) is 3.19. The predicted octanol–water partition coefficient (Wildman–Crippen LogP) is 3.15. The lowest BCUT2D eigenvalue weighted by molar-refractivity contribution is -0.126. The van der Waals surface area contributed by atoms with Gasteiger partial charge in [0.15, 0.2) is 0 Å². The summed E-state index contributed by atoms with van der Waals surface area (Å²) in [5, 5.41) is 2.93. The van der Waals surface area contributed by atoms with E-state index in [1.54, 1.807) is 12.0 Å². The number of amides is 2. The van der Waals surface area contributed by atoms with Gasteiger partial charge in [0.2, 0.25) is 11.8 Å². The Morgan fingerprint density at radius 3 is 2.36 bits per heavy atom. The number of carbonyl (C=O) groups is 2. The third kappa shape index (κ3) is 4.82. The lowest BCUT2D eigenvalue weighted by Crippen LogP contribution is -2.32. The van der Waals surface area contributed by atoms with E-state index in [4.69, 9.17) is 9.47 Å². The van der Waals surface area contributed by atoms with Crippen molar-refractivity contribution in [1.82, 2.24) is 5.32 Å². The normalized spacial score (nSPS) is 16.4. The third-order valence-corrected chi connectivity index (χ3v) is 4.64. The number of benzene rings is 2. The van der Waals surface area contributed by atoms with Crippen LogP contribution in [0.4, 0.5) is 5.69 Å². The molecular weight excluding hydrogens is 356 g/mol. The minimum absolute atomic E-state index is 0.0412. The van der Waals surface area contributed by atoms with Crippen molar-refractivity contribution < 1.29 is 19.1 Å². The van der Waals surface area contributed by atoms with Gasteiger partial charge in [-0.2, -0.15) is 0 Å². The highest BCUT2D eigenvalue weighted by molar-refractivity contribution is 6.00. The van der Waals surface area contributed by atoms with Gasteiger partial charge in [-0.25, -0.2) is 0 Å². The molecular formula is C22H26N2O4. The number of hydrogen-bond donors (Lipinski definition) is 1. The Kier molecular flexibility index (Phi) is 6.19. The van der Waals surface area contributed by atoms with Gasteiger partial charge in [-0.1, -0.05) is 12.1 Å². The molecule has 2 amide bonds. The Morgan fingerprint density at radius 1 is 1.11 bits per heavy atom. The number of rotatable bonds is 7. The number of ether oxygens (including phenoxy) is 2. The Morgan fingerprint density at radius 2 is 1.75 bits per heavy atom. The zero-order valence-corrected chi connectivity index (χ0v) is 16.5. The summed E-state index contributed by atoms with van der Waals surface area (Å²) in [6, 6.07) is 14.9. The van der Waals surface area contributed by atoms with E-state index in [-0.39, 0.29) is 30.3 Å². The van der Waals surface area contributed by atoms with E-state index in [9.17, 15) is 9.59 Å². The fraction of sp³-hybridized carbons (Fsp3) is 0.364. The van der Waals surface area contributed by atoms with Crippen LogP contribution >= 0.6 is 0 Å². The smallest absolute Gasteiger partial charge is 0.227 e. The predicted molar refractivity (Wildman–Crippen MR) is 108 cm³/mol. The zero-order valence-electron chi connectivity index (χ0n) is 16.5. The van der Waals surface area contributed by atoms with Crippen LogP contribution in [0.1, 0.15) is 25.8 Å². The number of methoxy groups -OCH3 is 1. The fourth-order valence-corrected chi connectivity index (χ4v) is 3.19. The highest BCUT2D eigenvalue weighted by Crippen LogP contribution is 2.27. The van der Waals surface area contributed by atoms with Crippen LogP contribution in [0, 0.1) is 5.92 Å². The number of nitrogens with one attached hydrogen (secondary N) is 1. The maximum absolute atomic E-state index is 12.5. The van der Waals surface area contributed by atoms with Gasteiger partial charge in [0, 0.05) is 25.2 Å². The molecule has 1 aliphatic heterocycles. The lowest BCUT2D eigenvalue weighted by Gasteiger charge is -2.17. The molecule has 0 saturated carbocycles. The van der Waals surface area contributed by atoms with Crippen molar-refractivity contribution in [1.29, 1.82) is 0 Å². The maximum atomic E-state index is 12.5. The van der Waals surface area contributed by atoms with Crippen LogP contribution < -0.4 is 19.7 Å². The van der Waals surface area contributed by atoms with Gasteiger partial charge in [-0.15, -0.1) is 0 Å². The molecule has 1 atom stereocenters. The molecule has 0 spiro atoms. The first-order chi connectivity index (χ1) is 13.5. The molecule has 6 nitrogen and oxygen atoms in total. The van der Waals surface area contributed by atoms with Crippen LogP contribution in [0.2, 0.25) is 0 Å². The van der Waals surface area contributed by atoms with Crippen LogP contribution in [0.15, 0.2) is 48.5 Å². The first-order valence-corrected chi connectivity index (χ1v) is 9.44. The minimum atomic E-state index is -0.349. The zero-order chi connectivity index (χ0) is 20.1. The summed E-state index contributed by atoms with van der Waals surface area (Å²) in [7, 11) is 1.60. The molecule has 6 heteroatoms. The van der Waals surface area contributed by atoms with Gasteiger partial charge >= 0.3 is 0 Å². The quantitative estimate of drug-likeness (QED) is 0.799. The highest BCUT2D eigenvalue weighted by atomic mass is 16.5. The van der Waals surface area contributed by atoms with Crippen LogP contribution in [0.3, 0.4) is 0 Å². The third-order valence-electron chi connectivity index (χ3n) is 4.64. The summed E-state index contributed by atoms with van der Waals surface area (Å²) >= 11 is 0. The van der Waals surface area contributed by atoms with Crippen molar-refractivity contribution in [3.05, 3.63) is 54.1 Å². The number of hydrogen-bond acceptors (Lipinski definition) is 4. The molecule has 1 heterocycles. The number of carbonyl (C=O) groups excluding carboxylic acids is 2. The van der Waals surface area contributed by atoms with Gasteiger partial charge in [-0.05, 0) is 55.8 Å². The molecule has 1 aliphatic rings. The number of anilines is 1. The summed E-state index contributed by atoms with van der Waals surface area (Å²) in [5.41, 5.74) is 1.77. The monoisotopic (exact) mass is 382 g/mol. The van der Waals surface area contributed by atoms with Crippen LogP contribution in [-0.4, -0.2) is 31.6 Å².